The summed E-state index contributed by atoms with van der Waals surface area (Å²) in [7, 11) is 5.46. The van der Waals surface area contributed by atoms with Crippen molar-refractivity contribution in [1.82, 2.24) is 4.98 Å². The van der Waals surface area contributed by atoms with E-state index in [4.69, 9.17) is 9.84 Å². The molecular weight excluding hydrogens is 290 g/mol. The van der Waals surface area contributed by atoms with Crippen LogP contribution in [0.3, 0.4) is 0 Å². The third-order valence-electron chi connectivity index (χ3n) is 2.81. The summed E-state index contributed by atoms with van der Waals surface area (Å²) < 4.78 is 5.27. The van der Waals surface area contributed by atoms with Crippen molar-refractivity contribution in [1.29, 1.82) is 0 Å². The van der Waals surface area contributed by atoms with Crippen molar-refractivity contribution in [3.63, 3.8) is 0 Å². The highest BCUT2D eigenvalue weighted by molar-refractivity contribution is 7.15. The number of aromatic carboxylic acids is 1. The molecule has 0 amide bonds. The summed E-state index contributed by atoms with van der Waals surface area (Å²) in [6, 6.07) is 6.62. The number of aromatic nitrogens is 1. The molecular formula is C14H17N3O3S. The molecule has 0 spiro atoms. The summed E-state index contributed by atoms with van der Waals surface area (Å²) in [5.74, 6) is -0.320. The Kier molecular flexibility index (Phi) is 4.64. The second kappa shape index (κ2) is 6.45. The number of rotatable bonds is 6. The Labute approximate surface area is 127 Å². The SMILES string of the molecule is COc1nc(N(C)C)sc1CNc1ccc(C(=O)O)cc1. The monoisotopic (exact) mass is 307 g/mol. The van der Waals surface area contributed by atoms with E-state index in [-0.39, 0.29) is 5.56 Å². The van der Waals surface area contributed by atoms with Crippen LogP contribution in [-0.4, -0.2) is 37.3 Å². The maximum absolute atomic E-state index is 10.8. The van der Waals surface area contributed by atoms with Gasteiger partial charge in [-0.05, 0) is 24.3 Å². The molecule has 0 saturated heterocycles. The summed E-state index contributed by atoms with van der Waals surface area (Å²) in [5.41, 5.74) is 1.12. The Morgan fingerprint density at radius 3 is 2.57 bits per heavy atom. The zero-order valence-corrected chi connectivity index (χ0v) is 12.9. The van der Waals surface area contributed by atoms with E-state index in [0.29, 0.717) is 12.4 Å². The minimum Gasteiger partial charge on any atom is -0.480 e. The molecule has 1 aromatic carbocycles. The van der Waals surface area contributed by atoms with Gasteiger partial charge in [0.1, 0.15) is 0 Å². The minimum absolute atomic E-state index is 0.269. The molecule has 0 aliphatic rings. The standard InChI is InChI=1S/C14H17N3O3S/c1-17(2)14-16-12(20-3)11(21-14)8-15-10-6-4-9(5-7-10)13(18)19/h4-7,15H,8H2,1-3H3,(H,18,19). The number of ether oxygens (including phenoxy) is 1. The molecule has 0 fully saturated rings. The van der Waals surface area contributed by atoms with Gasteiger partial charge >= 0.3 is 5.97 Å². The lowest BCUT2D eigenvalue weighted by molar-refractivity contribution is 0.0697. The summed E-state index contributed by atoms with van der Waals surface area (Å²) in [6.45, 7) is 0.571. The molecule has 112 valence electrons. The minimum atomic E-state index is -0.929. The fourth-order valence-electron chi connectivity index (χ4n) is 1.70. The first-order valence-corrected chi connectivity index (χ1v) is 7.11. The number of anilines is 2. The van der Waals surface area contributed by atoms with E-state index in [1.54, 1.807) is 42.7 Å². The van der Waals surface area contributed by atoms with Crippen molar-refractivity contribution in [2.75, 3.05) is 31.4 Å². The first-order chi connectivity index (χ1) is 10.0. The Morgan fingerprint density at radius 1 is 1.38 bits per heavy atom. The smallest absolute Gasteiger partial charge is 0.335 e. The highest BCUT2D eigenvalue weighted by Gasteiger charge is 2.12. The van der Waals surface area contributed by atoms with Gasteiger partial charge in [-0.15, -0.1) is 0 Å². The van der Waals surface area contributed by atoms with Crippen molar-refractivity contribution >= 4 is 28.1 Å². The maximum atomic E-state index is 10.8. The van der Waals surface area contributed by atoms with Gasteiger partial charge in [-0.25, -0.2) is 4.79 Å². The first kappa shape index (κ1) is 15.1. The fraction of sp³-hybridized carbons (Fsp3) is 0.286. The largest absolute Gasteiger partial charge is 0.480 e. The van der Waals surface area contributed by atoms with E-state index in [9.17, 15) is 4.79 Å². The molecule has 1 aromatic heterocycles. The van der Waals surface area contributed by atoms with Gasteiger partial charge in [-0.2, -0.15) is 4.98 Å². The van der Waals surface area contributed by atoms with Crippen molar-refractivity contribution in [2.24, 2.45) is 0 Å². The molecule has 21 heavy (non-hydrogen) atoms. The predicted molar refractivity (Wildman–Crippen MR) is 83.7 cm³/mol. The van der Waals surface area contributed by atoms with E-state index < -0.39 is 5.97 Å². The van der Waals surface area contributed by atoms with Crippen molar-refractivity contribution in [2.45, 2.75) is 6.54 Å². The normalized spacial score (nSPS) is 10.2. The van der Waals surface area contributed by atoms with Crippen LogP contribution in [0.25, 0.3) is 0 Å². The lowest BCUT2D eigenvalue weighted by Gasteiger charge is -2.06. The molecule has 0 aliphatic carbocycles. The molecule has 7 heteroatoms. The van der Waals surface area contributed by atoms with Crippen molar-refractivity contribution in [3.8, 4) is 5.88 Å². The highest BCUT2D eigenvalue weighted by Crippen LogP contribution is 2.30. The van der Waals surface area contributed by atoms with Crippen molar-refractivity contribution < 1.29 is 14.6 Å². The Morgan fingerprint density at radius 2 is 2.05 bits per heavy atom. The van der Waals surface area contributed by atoms with Gasteiger partial charge in [0.15, 0.2) is 5.13 Å². The number of hydrogen-bond acceptors (Lipinski definition) is 6. The van der Waals surface area contributed by atoms with Crippen LogP contribution in [0, 0.1) is 0 Å². The number of thiazole rings is 1. The molecule has 1 heterocycles. The van der Waals surface area contributed by atoms with E-state index in [2.05, 4.69) is 10.3 Å². The summed E-state index contributed by atoms with van der Waals surface area (Å²) >= 11 is 1.55. The van der Waals surface area contributed by atoms with Crippen LogP contribution in [0.1, 0.15) is 15.2 Å². The van der Waals surface area contributed by atoms with E-state index in [1.807, 2.05) is 19.0 Å². The second-order valence-corrected chi connectivity index (χ2v) is 5.62. The van der Waals surface area contributed by atoms with Gasteiger partial charge in [0.05, 0.1) is 24.1 Å². The number of methoxy groups -OCH3 is 1. The molecule has 0 atom stereocenters. The van der Waals surface area contributed by atoms with Crippen LogP contribution < -0.4 is 15.0 Å². The quantitative estimate of drug-likeness (QED) is 0.854. The van der Waals surface area contributed by atoms with Crippen LogP contribution >= 0.6 is 11.3 Å². The van der Waals surface area contributed by atoms with Gasteiger partial charge in [-0.1, -0.05) is 11.3 Å². The Bertz CT molecular complexity index is 623. The van der Waals surface area contributed by atoms with Gasteiger partial charge < -0.3 is 20.1 Å². The number of hydrogen-bond donors (Lipinski definition) is 2. The maximum Gasteiger partial charge on any atom is 0.335 e. The van der Waals surface area contributed by atoms with Crippen LogP contribution in [0.2, 0.25) is 0 Å². The molecule has 0 bridgehead atoms. The second-order valence-electron chi connectivity index (χ2n) is 4.56. The van der Waals surface area contributed by atoms with Crippen molar-refractivity contribution in [3.05, 3.63) is 34.7 Å². The highest BCUT2D eigenvalue weighted by atomic mass is 32.1. The van der Waals surface area contributed by atoms with Gasteiger partial charge in [-0.3, -0.25) is 0 Å². The average molecular weight is 307 g/mol. The van der Waals surface area contributed by atoms with E-state index >= 15 is 0 Å². The molecule has 2 N–H and O–H groups in total. The number of nitrogens with one attached hydrogen (secondary N) is 1. The van der Waals surface area contributed by atoms with E-state index in [0.717, 1.165) is 15.7 Å². The fourth-order valence-corrected chi connectivity index (χ4v) is 2.59. The predicted octanol–water partition coefficient (Wildman–Crippen LogP) is 2.53. The molecule has 0 radical (unpaired) electrons. The average Bonchev–Trinajstić information content (AvgIpc) is 2.89. The molecule has 0 aliphatic heterocycles. The molecule has 0 saturated carbocycles. The third kappa shape index (κ3) is 3.63. The lowest BCUT2D eigenvalue weighted by Crippen LogP contribution is -2.07. The number of benzene rings is 1. The van der Waals surface area contributed by atoms with Crippen LogP contribution in [-0.2, 0) is 6.54 Å². The number of carbonyl (C=O) groups is 1. The number of nitrogens with zero attached hydrogens (tertiary/aromatic N) is 2. The molecule has 0 unspecified atom stereocenters. The Balaban J connectivity index is 2.07. The van der Waals surface area contributed by atoms with Crippen LogP contribution in [0.5, 0.6) is 5.88 Å². The van der Waals surface area contributed by atoms with Crippen LogP contribution in [0.15, 0.2) is 24.3 Å². The van der Waals surface area contributed by atoms with Gasteiger partial charge in [0, 0.05) is 19.8 Å². The lowest BCUT2D eigenvalue weighted by atomic mass is 10.2. The van der Waals surface area contributed by atoms with E-state index in [1.165, 1.54) is 0 Å². The Hall–Kier alpha value is -2.28. The molecule has 2 aromatic rings. The zero-order valence-electron chi connectivity index (χ0n) is 12.1. The molecule has 2 rings (SSSR count). The summed E-state index contributed by atoms with van der Waals surface area (Å²) in [4.78, 5) is 18.1. The molecule has 6 nitrogen and oxygen atoms in total. The van der Waals surface area contributed by atoms with Gasteiger partial charge in [0.25, 0.3) is 0 Å². The third-order valence-corrected chi connectivity index (χ3v) is 4.02. The van der Waals surface area contributed by atoms with Gasteiger partial charge in [0.2, 0.25) is 5.88 Å². The van der Waals surface area contributed by atoms with Crippen LogP contribution in [0.4, 0.5) is 10.8 Å². The number of carboxylic acid groups (broad SMARTS) is 1. The topological polar surface area (TPSA) is 74.7 Å². The zero-order chi connectivity index (χ0) is 15.4. The number of carboxylic acids is 1. The summed E-state index contributed by atoms with van der Waals surface area (Å²) in [5, 5.41) is 13.0. The first-order valence-electron chi connectivity index (χ1n) is 6.29. The summed E-state index contributed by atoms with van der Waals surface area (Å²) in [6.07, 6.45) is 0.